The van der Waals surface area contributed by atoms with Crippen LogP contribution in [0.5, 0.6) is 0 Å². The normalized spacial score (nSPS) is 23.1. The molecule has 2 aliphatic rings. The smallest absolute Gasteiger partial charge is 0.253 e. The van der Waals surface area contributed by atoms with Crippen molar-refractivity contribution in [2.24, 2.45) is 11.8 Å². The fourth-order valence-electron chi connectivity index (χ4n) is 4.28. The van der Waals surface area contributed by atoms with Gasteiger partial charge in [0, 0.05) is 50.8 Å². The Morgan fingerprint density at radius 3 is 2.43 bits per heavy atom. The van der Waals surface area contributed by atoms with Crippen molar-refractivity contribution in [3.8, 4) is 11.1 Å². The lowest BCUT2D eigenvalue weighted by Crippen LogP contribution is -2.41. The molecule has 1 N–H and O–H groups in total. The number of hydrogen-bond acceptors (Lipinski definition) is 4. The summed E-state index contributed by atoms with van der Waals surface area (Å²) < 4.78 is 5.43. The monoisotopic (exact) mass is 380 g/mol. The number of benzene rings is 2. The summed E-state index contributed by atoms with van der Waals surface area (Å²) in [5.74, 6) is 0.508. The molecule has 0 saturated carbocycles. The summed E-state index contributed by atoms with van der Waals surface area (Å²) in [5.41, 5.74) is 2.87. The van der Waals surface area contributed by atoms with E-state index in [0.717, 1.165) is 44.0 Å². The fourth-order valence-corrected chi connectivity index (χ4v) is 4.28. The fraction of sp³-hybridized carbons (Fsp3) is 0.435. The molecule has 5 heteroatoms. The second-order valence-electron chi connectivity index (χ2n) is 7.77. The van der Waals surface area contributed by atoms with E-state index < -0.39 is 0 Å². The van der Waals surface area contributed by atoms with Crippen molar-refractivity contribution in [3.63, 3.8) is 0 Å². The van der Waals surface area contributed by atoms with Crippen LogP contribution in [-0.2, 0) is 4.74 Å². The third-order valence-corrected chi connectivity index (χ3v) is 5.91. The van der Waals surface area contributed by atoms with Crippen LogP contribution in [0.4, 0.5) is 0 Å². The first-order chi connectivity index (χ1) is 13.7. The lowest BCUT2D eigenvalue weighted by Gasteiger charge is -2.30. The molecule has 2 atom stereocenters. The molecular weight excluding hydrogens is 352 g/mol. The first-order valence-corrected chi connectivity index (χ1v) is 10.1. The maximum atomic E-state index is 13.1. The van der Waals surface area contributed by atoms with E-state index in [2.05, 4.69) is 17.0 Å². The number of aliphatic hydroxyl groups is 1. The van der Waals surface area contributed by atoms with Gasteiger partial charge < -0.3 is 14.7 Å². The Balaban J connectivity index is 1.46. The zero-order valence-corrected chi connectivity index (χ0v) is 16.2. The molecule has 5 nitrogen and oxygen atoms in total. The number of carbonyl (C=O) groups is 1. The van der Waals surface area contributed by atoms with Gasteiger partial charge in [0.1, 0.15) is 0 Å². The zero-order valence-electron chi connectivity index (χ0n) is 16.2. The van der Waals surface area contributed by atoms with Crippen LogP contribution >= 0.6 is 0 Å². The van der Waals surface area contributed by atoms with Crippen molar-refractivity contribution in [1.29, 1.82) is 0 Å². The van der Waals surface area contributed by atoms with Crippen LogP contribution in [0.1, 0.15) is 10.4 Å². The van der Waals surface area contributed by atoms with E-state index in [1.807, 2.05) is 47.4 Å². The summed E-state index contributed by atoms with van der Waals surface area (Å²) in [6, 6.07) is 18.0. The molecule has 2 saturated heterocycles. The van der Waals surface area contributed by atoms with Crippen molar-refractivity contribution in [1.82, 2.24) is 9.80 Å². The summed E-state index contributed by atoms with van der Waals surface area (Å²) in [5, 5.41) is 9.85. The molecule has 0 unspecified atom stereocenters. The average molecular weight is 380 g/mol. The minimum atomic E-state index is 0.0562. The van der Waals surface area contributed by atoms with Crippen LogP contribution in [0.25, 0.3) is 11.1 Å². The zero-order chi connectivity index (χ0) is 19.3. The third-order valence-electron chi connectivity index (χ3n) is 5.91. The van der Waals surface area contributed by atoms with E-state index in [-0.39, 0.29) is 18.4 Å². The summed E-state index contributed by atoms with van der Waals surface area (Å²) >= 11 is 0. The number of likely N-dealkylation sites (tertiary alicyclic amines) is 1. The molecule has 2 heterocycles. The van der Waals surface area contributed by atoms with Gasteiger partial charge in [-0.25, -0.2) is 0 Å². The molecule has 1 amide bonds. The van der Waals surface area contributed by atoms with E-state index in [1.54, 1.807) is 0 Å². The minimum Gasteiger partial charge on any atom is -0.396 e. The molecule has 28 heavy (non-hydrogen) atoms. The largest absolute Gasteiger partial charge is 0.396 e. The van der Waals surface area contributed by atoms with Crippen LogP contribution in [0.15, 0.2) is 54.6 Å². The highest BCUT2D eigenvalue weighted by Gasteiger charge is 2.36. The van der Waals surface area contributed by atoms with Gasteiger partial charge in [0.25, 0.3) is 5.91 Å². The Labute approximate surface area is 166 Å². The summed E-state index contributed by atoms with van der Waals surface area (Å²) in [6.45, 7) is 5.78. The molecular formula is C23H28N2O3. The van der Waals surface area contributed by atoms with E-state index in [4.69, 9.17) is 4.74 Å². The average Bonchev–Trinajstić information content (AvgIpc) is 3.17. The van der Waals surface area contributed by atoms with Crippen molar-refractivity contribution in [3.05, 3.63) is 60.2 Å². The van der Waals surface area contributed by atoms with Gasteiger partial charge in [0.2, 0.25) is 0 Å². The molecule has 0 aromatic heterocycles. The Morgan fingerprint density at radius 2 is 1.68 bits per heavy atom. The topological polar surface area (TPSA) is 53.0 Å². The second-order valence-corrected chi connectivity index (χ2v) is 7.77. The number of amides is 1. The van der Waals surface area contributed by atoms with Crippen LogP contribution in [0.3, 0.4) is 0 Å². The van der Waals surface area contributed by atoms with Crippen molar-refractivity contribution in [2.45, 2.75) is 0 Å². The summed E-state index contributed by atoms with van der Waals surface area (Å²) in [6.07, 6.45) is 0. The second kappa shape index (κ2) is 8.86. The highest BCUT2D eigenvalue weighted by atomic mass is 16.5. The number of rotatable bonds is 5. The molecule has 2 aromatic carbocycles. The van der Waals surface area contributed by atoms with Gasteiger partial charge in [-0.2, -0.15) is 0 Å². The highest BCUT2D eigenvalue weighted by molar-refractivity contribution is 5.95. The SMILES string of the molecule is O=C(c1cccc(-c2ccccc2)c1)N1C[C@@H](CN2CCOCC2)[C@@H](CO)C1. The van der Waals surface area contributed by atoms with Crippen LogP contribution in [0, 0.1) is 11.8 Å². The standard InChI is InChI=1S/C23H28N2O3/c26-17-22-16-25(15-21(22)14-24-9-11-28-12-10-24)23(27)20-8-4-7-19(13-20)18-5-2-1-3-6-18/h1-8,13,21-22,26H,9-12,14-17H2/t21-,22-/m1/s1. The number of morpholine rings is 1. The Kier molecular flexibility index (Phi) is 6.05. The molecule has 4 rings (SSSR count). The van der Waals surface area contributed by atoms with Gasteiger partial charge in [-0.05, 0) is 29.2 Å². The molecule has 148 valence electrons. The quantitative estimate of drug-likeness (QED) is 0.865. The Bertz CT molecular complexity index is 789. The van der Waals surface area contributed by atoms with Crippen LogP contribution in [-0.4, -0.2) is 73.4 Å². The van der Waals surface area contributed by atoms with Gasteiger partial charge >= 0.3 is 0 Å². The van der Waals surface area contributed by atoms with E-state index in [0.29, 0.717) is 24.6 Å². The van der Waals surface area contributed by atoms with Crippen LogP contribution in [0.2, 0.25) is 0 Å². The third kappa shape index (κ3) is 4.27. The molecule has 0 spiro atoms. The Morgan fingerprint density at radius 1 is 0.964 bits per heavy atom. The van der Waals surface area contributed by atoms with Crippen LogP contribution < -0.4 is 0 Å². The number of carbonyl (C=O) groups excluding carboxylic acids is 1. The van der Waals surface area contributed by atoms with E-state index in [9.17, 15) is 9.90 Å². The molecule has 2 fully saturated rings. The van der Waals surface area contributed by atoms with Crippen molar-refractivity contribution < 1.29 is 14.6 Å². The number of nitrogens with zero attached hydrogens (tertiary/aromatic N) is 2. The van der Waals surface area contributed by atoms with Crippen molar-refractivity contribution in [2.75, 3.05) is 52.5 Å². The van der Waals surface area contributed by atoms with Gasteiger partial charge in [0.05, 0.1) is 13.2 Å². The molecule has 2 aromatic rings. The van der Waals surface area contributed by atoms with E-state index >= 15 is 0 Å². The van der Waals surface area contributed by atoms with Gasteiger partial charge in [-0.3, -0.25) is 9.69 Å². The predicted molar refractivity (Wildman–Crippen MR) is 109 cm³/mol. The molecule has 0 aliphatic carbocycles. The lowest BCUT2D eigenvalue weighted by molar-refractivity contribution is 0.0264. The first kappa shape index (κ1) is 19.1. The van der Waals surface area contributed by atoms with E-state index in [1.165, 1.54) is 0 Å². The number of aliphatic hydroxyl groups excluding tert-OH is 1. The van der Waals surface area contributed by atoms with Gasteiger partial charge in [-0.15, -0.1) is 0 Å². The molecule has 2 aliphatic heterocycles. The number of ether oxygens (including phenoxy) is 1. The van der Waals surface area contributed by atoms with Crippen molar-refractivity contribution >= 4 is 5.91 Å². The molecule has 0 radical (unpaired) electrons. The lowest BCUT2D eigenvalue weighted by atomic mass is 9.96. The highest BCUT2D eigenvalue weighted by Crippen LogP contribution is 2.27. The predicted octanol–water partition coefficient (Wildman–Crippen LogP) is 2.37. The molecule has 0 bridgehead atoms. The Hall–Kier alpha value is -2.21. The summed E-state index contributed by atoms with van der Waals surface area (Å²) in [7, 11) is 0. The summed E-state index contributed by atoms with van der Waals surface area (Å²) in [4.78, 5) is 17.4. The minimum absolute atomic E-state index is 0.0562. The maximum Gasteiger partial charge on any atom is 0.253 e. The maximum absolute atomic E-state index is 13.1. The number of hydrogen-bond donors (Lipinski definition) is 1. The first-order valence-electron chi connectivity index (χ1n) is 10.1. The van der Waals surface area contributed by atoms with Gasteiger partial charge in [0.15, 0.2) is 0 Å². The van der Waals surface area contributed by atoms with Gasteiger partial charge in [-0.1, -0.05) is 42.5 Å².